The van der Waals surface area contributed by atoms with Crippen LogP contribution in [0.2, 0.25) is 5.02 Å². The van der Waals surface area contributed by atoms with Crippen LogP contribution in [0.25, 0.3) is 22.3 Å². The van der Waals surface area contributed by atoms with Gasteiger partial charge in [-0.2, -0.15) is 9.78 Å². The van der Waals surface area contributed by atoms with Crippen molar-refractivity contribution in [2.45, 2.75) is 6.61 Å². The molecule has 0 spiro atoms. The van der Waals surface area contributed by atoms with Gasteiger partial charge in [0.2, 0.25) is 0 Å². The summed E-state index contributed by atoms with van der Waals surface area (Å²) in [6, 6.07) is 25.9. The number of benzene rings is 4. The average Bonchev–Trinajstić information content (AvgIpc) is 2.93. The van der Waals surface area contributed by atoms with E-state index in [9.17, 15) is 4.79 Å². The summed E-state index contributed by atoms with van der Waals surface area (Å²) in [5, 5.41) is 5.47. The van der Waals surface area contributed by atoms with Gasteiger partial charge in [0.1, 0.15) is 6.61 Å². The van der Waals surface area contributed by atoms with Crippen LogP contribution in [0.3, 0.4) is 0 Å². The quantitative estimate of drug-likeness (QED) is 0.169. The van der Waals surface area contributed by atoms with Gasteiger partial charge in [-0.3, -0.25) is 4.79 Å². The number of ether oxygens (including phenoxy) is 2. The molecule has 0 N–H and O–H groups in total. The van der Waals surface area contributed by atoms with Crippen LogP contribution in [-0.4, -0.2) is 23.0 Å². The molecule has 1 heterocycles. The van der Waals surface area contributed by atoms with Crippen LogP contribution in [-0.2, 0) is 6.61 Å². The van der Waals surface area contributed by atoms with Crippen LogP contribution < -0.4 is 15.0 Å². The Kier molecular flexibility index (Phi) is 7.93. The summed E-state index contributed by atoms with van der Waals surface area (Å²) >= 11 is 13.4. The number of para-hydroxylation sites is 1. The molecular weight excluding hydrogens is 634 g/mol. The first-order valence-corrected chi connectivity index (χ1v) is 13.5. The number of nitrogens with zero attached hydrogens (tertiary/aromatic N) is 3. The van der Waals surface area contributed by atoms with E-state index < -0.39 is 0 Å². The zero-order chi connectivity index (χ0) is 26.6. The van der Waals surface area contributed by atoms with Gasteiger partial charge in [0.25, 0.3) is 5.56 Å². The number of aromatic nitrogens is 2. The van der Waals surface area contributed by atoms with Gasteiger partial charge < -0.3 is 9.47 Å². The molecule has 190 valence electrons. The van der Waals surface area contributed by atoms with Gasteiger partial charge in [0, 0.05) is 36.7 Å². The second-order valence-corrected chi connectivity index (χ2v) is 10.4. The smallest absolute Gasteiger partial charge is 0.282 e. The van der Waals surface area contributed by atoms with E-state index in [1.807, 2.05) is 60.7 Å². The van der Waals surface area contributed by atoms with E-state index in [2.05, 4.69) is 37.0 Å². The van der Waals surface area contributed by atoms with Crippen molar-refractivity contribution in [1.82, 2.24) is 9.66 Å². The highest BCUT2D eigenvalue weighted by molar-refractivity contribution is 9.11. The van der Waals surface area contributed by atoms with Crippen LogP contribution in [0.1, 0.15) is 11.1 Å². The number of hydrogen-bond donors (Lipinski definition) is 0. The number of rotatable bonds is 7. The molecule has 1 aromatic heterocycles. The maximum atomic E-state index is 13.5. The van der Waals surface area contributed by atoms with E-state index >= 15 is 0 Å². The Labute approximate surface area is 240 Å². The van der Waals surface area contributed by atoms with Crippen molar-refractivity contribution >= 4 is 60.6 Å². The Morgan fingerprint density at radius 2 is 1.76 bits per heavy atom. The Morgan fingerprint density at radius 1 is 1.00 bits per heavy atom. The zero-order valence-electron chi connectivity index (χ0n) is 20.1. The molecule has 0 saturated carbocycles. The molecule has 0 aliphatic rings. The molecule has 5 rings (SSSR count). The fraction of sp³-hybridized carbons (Fsp3) is 0.0690. The van der Waals surface area contributed by atoms with E-state index in [1.165, 1.54) is 10.9 Å². The van der Waals surface area contributed by atoms with Gasteiger partial charge >= 0.3 is 0 Å². The van der Waals surface area contributed by atoms with Crippen LogP contribution >= 0.6 is 43.5 Å². The van der Waals surface area contributed by atoms with Gasteiger partial charge in [0.15, 0.2) is 17.3 Å². The van der Waals surface area contributed by atoms with Gasteiger partial charge in [-0.05, 0) is 30.3 Å². The summed E-state index contributed by atoms with van der Waals surface area (Å²) in [5.41, 5.74) is 2.54. The normalized spacial score (nSPS) is 11.3. The van der Waals surface area contributed by atoms with Gasteiger partial charge in [-0.15, -0.1) is 0 Å². The zero-order valence-corrected chi connectivity index (χ0v) is 24.0. The van der Waals surface area contributed by atoms with E-state index in [0.29, 0.717) is 38.8 Å². The summed E-state index contributed by atoms with van der Waals surface area (Å²) < 4.78 is 14.9. The SMILES string of the molecule is COc1cc(Cl)cc(C=Nn2c(-c3ccccc3)nc3ccccc3c2=O)c1OCc1ccc(Br)cc1Br. The molecule has 0 atom stereocenters. The number of hydrogen-bond acceptors (Lipinski definition) is 5. The number of halogens is 3. The number of fused-ring (bicyclic) bond motifs is 1. The van der Waals surface area contributed by atoms with Crippen molar-refractivity contribution in [3.8, 4) is 22.9 Å². The lowest BCUT2D eigenvalue weighted by atomic mass is 10.2. The lowest BCUT2D eigenvalue weighted by Crippen LogP contribution is -2.20. The lowest BCUT2D eigenvalue weighted by Gasteiger charge is -2.15. The third-order valence-corrected chi connectivity index (χ3v) is 7.20. The largest absolute Gasteiger partial charge is 0.493 e. The Bertz CT molecular complexity index is 1720. The molecule has 0 unspecified atom stereocenters. The molecular formula is C29H20Br2ClN3O3. The average molecular weight is 654 g/mol. The van der Waals surface area contributed by atoms with Crippen molar-refractivity contribution in [1.29, 1.82) is 0 Å². The van der Waals surface area contributed by atoms with Crippen molar-refractivity contribution in [2.24, 2.45) is 5.10 Å². The minimum atomic E-state index is -0.291. The maximum absolute atomic E-state index is 13.5. The van der Waals surface area contributed by atoms with E-state index in [0.717, 1.165) is 20.1 Å². The highest BCUT2D eigenvalue weighted by atomic mass is 79.9. The predicted octanol–water partition coefficient (Wildman–Crippen LogP) is 7.71. The van der Waals surface area contributed by atoms with Gasteiger partial charge in [-0.25, -0.2) is 4.98 Å². The molecule has 5 aromatic rings. The monoisotopic (exact) mass is 651 g/mol. The molecule has 0 aliphatic heterocycles. The van der Waals surface area contributed by atoms with Gasteiger partial charge in [0.05, 0.1) is 24.2 Å². The fourth-order valence-corrected chi connectivity index (χ4v) is 5.28. The minimum absolute atomic E-state index is 0.263. The minimum Gasteiger partial charge on any atom is -0.493 e. The molecule has 0 fully saturated rings. The molecule has 0 amide bonds. The number of methoxy groups -OCH3 is 1. The molecule has 0 saturated heterocycles. The summed E-state index contributed by atoms with van der Waals surface area (Å²) in [6.07, 6.45) is 1.53. The molecule has 9 heteroatoms. The van der Waals surface area contributed by atoms with Crippen molar-refractivity contribution in [3.63, 3.8) is 0 Å². The highest BCUT2D eigenvalue weighted by Crippen LogP contribution is 2.35. The third-order valence-electron chi connectivity index (χ3n) is 5.75. The third kappa shape index (κ3) is 5.53. The molecule has 6 nitrogen and oxygen atoms in total. The lowest BCUT2D eigenvalue weighted by molar-refractivity contribution is 0.283. The Balaban J connectivity index is 1.61. The maximum Gasteiger partial charge on any atom is 0.282 e. The first-order chi connectivity index (χ1) is 18.4. The van der Waals surface area contributed by atoms with Crippen molar-refractivity contribution in [2.75, 3.05) is 7.11 Å². The van der Waals surface area contributed by atoms with Crippen LogP contribution in [0.5, 0.6) is 11.5 Å². The Morgan fingerprint density at radius 3 is 2.53 bits per heavy atom. The molecule has 4 aromatic carbocycles. The molecule has 0 radical (unpaired) electrons. The van der Waals surface area contributed by atoms with E-state index in [1.54, 1.807) is 31.4 Å². The van der Waals surface area contributed by atoms with Crippen LogP contribution in [0, 0.1) is 0 Å². The van der Waals surface area contributed by atoms with Crippen molar-refractivity contribution < 1.29 is 9.47 Å². The predicted molar refractivity (Wildman–Crippen MR) is 159 cm³/mol. The van der Waals surface area contributed by atoms with Crippen LogP contribution in [0.15, 0.2) is 104 Å². The summed E-state index contributed by atoms with van der Waals surface area (Å²) in [4.78, 5) is 18.3. The molecule has 0 aliphatic carbocycles. The second kappa shape index (κ2) is 11.5. The van der Waals surface area contributed by atoms with E-state index in [4.69, 9.17) is 26.1 Å². The summed E-state index contributed by atoms with van der Waals surface area (Å²) in [7, 11) is 1.54. The Hall–Kier alpha value is -3.46. The molecule has 0 bridgehead atoms. The molecule has 38 heavy (non-hydrogen) atoms. The summed E-state index contributed by atoms with van der Waals surface area (Å²) in [6.45, 7) is 0.263. The van der Waals surface area contributed by atoms with Crippen LogP contribution in [0.4, 0.5) is 0 Å². The second-order valence-electron chi connectivity index (χ2n) is 8.23. The van der Waals surface area contributed by atoms with Gasteiger partial charge in [-0.1, -0.05) is 92.0 Å². The topological polar surface area (TPSA) is 65.7 Å². The fourth-order valence-electron chi connectivity index (χ4n) is 3.90. The van der Waals surface area contributed by atoms with E-state index in [-0.39, 0.29) is 12.2 Å². The highest BCUT2D eigenvalue weighted by Gasteiger charge is 2.15. The van der Waals surface area contributed by atoms with Crippen molar-refractivity contribution in [3.05, 3.63) is 120 Å². The first kappa shape index (κ1) is 26.2. The summed E-state index contributed by atoms with van der Waals surface area (Å²) in [5.74, 6) is 1.30. The first-order valence-electron chi connectivity index (χ1n) is 11.5. The standard InChI is InChI=1S/C29H20Br2ClN3O3/c1-37-26-15-22(32)13-20(27(26)38-17-19-11-12-21(30)14-24(19)31)16-33-35-28(18-7-3-2-4-8-18)34-25-10-6-5-9-23(25)29(35)36/h2-16H,17H2,1H3.